The summed E-state index contributed by atoms with van der Waals surface area (Å²) >= 11 is 6.02. The van der Waals surface area contributed by atoms with Crippen molar-refractivity contribution in [2.45, 2.75) is 44.8 Å². The second-order valence-electron chi connectivity index (χ2n) is 7.04. The van der Waals surface area contributed by atoms with Gasteiger partial charge in [0.25, 0.3) is 0 Å². The first kappa shape index (κ1) is 18.9. The Balaban J connectivity index is 1.83. The van der Waals surface area contributed by atoms with Gasteiger partial charge in [-0.25, -0.2) is 15.0 Å². The van der Waals surface area contributed by atoms with E-state index in [-0.39, 0.29) is 12.5 Å². The van der Waals surface area contributed by atoms with E-state index in [1.54, 1.807) is 18.3 Å². The van der Waals surface area contributed by atoms with Gasteiger partial charge in [0.1, 0.15) is 16.8 Å². The highest BCUT2D eigenvalue weighted by Crippen LogP contribution is 2.36. The van der Waals surface area contributed by atoms with Crippen LogP contribution in [0.1, 0.15) is 48.2 Å². The van der Waals surface area contributed by atoms with Crippen molar-refractivity contribution in [1.82, 2.24) is 15.0 Å². The molecule has 0 fully saturated rings. The molecule has 8 heteroatoms. The van der Waals surface area contributed by atoms with Gasteiger partial charge in [-0.05, 0) is 42.5 Å². The summed E-state index contributed by atoms with van der Waals surface area (Å²) in [4.78, 5) is 13.3. The first-order chi connectivity index (χ1) is 13.3. The molecule has 2 aromatic heterocycles. The van der Waals surface area contributed by atoms with Crippen LogP contribution >= 0.6 is 11.6 Å². The predicted molar refractivity (Wildman–Crippen MR) is 102 cm³/mol. The number of halogens is 4. The number of anilines is 1. The Labute approximate surface area is 165 Å². The molecule has 0 saturated heterocycles. The minimum Gasteiger partial charge on any atom is -0.365 e. The largest absolute Gasteiger partial charge is 0.416 e. The molecule has 28 heavy (non-hydrogen) atoms. The number of nitrogens with one attached hydrogen (secondary N) is 1. The van der Waals surface area contributed by atoms with E-state index in [0.29, 0.717) is 58.1 Å². The summed E-state index contributed by atoms with van der Waals surface area (Å²) in [5, 5.41) is 4.21. The third-order valence-corrected chi connectivity index (χ3v) is 5.30. The molecule has 0 saturated carbocycles. The number of fused-ring (bicyclic) bond motifs is 5. The third kappa shape index (κ3) is 3.63. The Morgan fingerprint density at radius 3 is 2.82 bits per heavy atom. The zero-order valence-corrected chi connectivity index (χ0v) is 15.9. The normalized spacial score (nSPS) is 17.5. The van der Waals surface area contributed by atoms with E-state index < -0.39 is 11.7 Å². The fraction of sp³-hybridized carbons (Fsp3) is 0.350. The number of alkyl halides is 3. The number of hydrogen-bond donors (Lipinski definition) is 1. The number of aromatic nitrogens is 3. The van der Waals surface area contributed by atoms with Crippen LogP contribution in [0, 0.1) is 0 Å². The molecule has 4 rings (SSSR count). The number of nitrogens with zero attached hydrogens (tertiary/aromatic N) is 3. The highest BCUT2D eigenvalue weighted by Gasteiger charge is 2.34. The lowest BCUT2D eigenvalue weighted by Gasteiger charge is -2.17. The highest BCUT2D eigenvalue weighted by atomic mass is 35.5. The van der Waals surface area contributed by atoms with Crippen LogP contribution in [0.15, 0.2) is 30.5 Å². The second-order valence-corrected chi connectivity index (χ2v) is 7.43. The zero-order chi connectivity index (χ0) is 19.9. The van der Waals surface area contributed by atoms with Crippen molar-refractivity contribution >= 4 is 28.3 Å². The van der Waals surface area contributed by atoms with Crippen molar-refractivity contribution < 1.29 is 13.2 Å². The van der Waals surface area contributed by atoms with Crippen molar-refractivity contribution in [3.63, 3.8) is 0 Å². The van der Waals surface area contributed by atoms with E-state index in [9.17, 15) is 13.2 Å². The van der Waals surface area contributed by atoms with Crippen LogP contribution < -0.4 is 5.32 Å². The monoisotopic (exact) mass is 406 g/mol. The summed E-state index contributed by atoms with van der Waals surface area (Å²) < 4.78 is 40.6. The van der Waals surface area contributed by atoms with Gasteiger partial charge in [-0.15, -0.1) is 0 Å². The SMILES string of the molecule is CC1CCCc2c(cccc2C(F)(F)F)CNc2nc1nc1cnc(Cl)cc21. The molecule has 0 amide bonds. The van der Waals surface area contributed by atoms with Crippen molar-refractivity contribution in [2.24, 2.45) is 0 Å². The average Bonchev–Trinajstić information content (AvgIpc) is 2.67. The molecule has 1 unspecified atom stereocenters. The van der Waals surface area contributed by atoms with E-state index in [1.807, 2.05) is 6.92 Å². The Kier molecular flexibility index (Phi) is 4.87. The summed E-state index contributed by atoms with van der Waals surface area (Å²) in [7, 11) is 0. The highest BCUT2D eigenvalue weighted by molar-refractivity contribution is 6.30. The molecule has 1 atom stereocenters. The van der Waals surface area contributed by atoms with Crippen molar-refractivity contribution in [1.29, 1.82) is 0 Å². The Hall–Kier alpha value is -2.41. The summed E-state index contributed by atoms with van der Waals surface area (Å²) in [5.74, 6) is 1.22. The number of pyridine rings is 1. The summed E-state index contributed by atoms with van der Waals surface area (Å²) in [6, 6.07) is 6.01. The fourth-order valence-corrected chi connectivity index (χ4v) is 3.79. The minimum atomic E-state index is -4.37. The topological polar surface area (TPSA) is 50.7 Å². The Morgan fingerprint density at radius 2 is 2.04 bits per heavy atom. The lowest BCUT2D eigenvalue weighted by Crippen LogP contribution is -2.13. The smallest absolute Gasteiger partial charge is 0.365 e. The van der Waals surface area contributed by atoms with Crippen molar-refractivity contribution in [3.05, 3.63) is 58.1 Å². The number of rotatable bonds is 0. The summed E-state index contributed by atoms with van der Waals surface area (Å²) in [6.07, 6.45) is -1.11. The van der Waals surface area contributed by atoms with Gasteiger partial charge in [0.05, 0.1) is 17.3 Å². The van der Waals surface area contributed by atoms with Crippen molar-refractivity contribution in [3.8, 4) is 0 Å². The molecule has 3 heterocycles. The molecule has 1 N–H and O–H groups in total. The van der Waals surface area contributed by atoms with E-state index in [4.69, 9.17) is 11.6 Å². The molecule has 146 valence electrons. The first-order valence-electron chi connectivity index (χ1n) is 9.08. The maximum atomic E-state index is 13.5. The fourth-order valence-electron chi connectivity index (χ4n) is 3.63. The number of hydrogen-bond acceptors (Lipinski definition) is 4. The van der Waals surface area contributed by atoms with Crippen LogP contribution in [0.2, 0.25) is 5.15 Å². The molecule has 3 aromatic rings. The van der Waals surface area contributed by atoms with E-state index in [1.165, 1.54) is 6.07 Å². The molecule has 1 aliphatic heterocycles. The third-order valence-electron chi connectivity index (χ3n) is 5.10. The van der Waals surface area contributed by atoms with E-state index >= 15 is 0 Å². The van der Waals surface area contributed by atoms with E-state index in [2.05, 4.69) is 20.3 Å². The molecule has 0 spiro atoms. The van der Waals surface area contributed by atoms with Crippen LogP contribution in [-0.4, -0.2) is 15.0 Å². The van der Waals surface area contributed by atoms with Gasteiger partial charge in [-0.3, -0.25) is 0 Å². The van der Waals surface area contributed by atoms with Crippen LogP contribution in [-0.2, 0) is 19.1 Å². The summed E-state index contributed by atoms with van der Waals surface area (Å²) in [5.41, 5.74) is 1.07. The maximum absolute atomic E-state index is 13.5. The molecule has 1 aromatic carbocycles. The number of benzene rings is 1. The van der Waals surface area contributed by atoms with Crippen LogP contribution in [0.3, 0.4) is 0 Å². The van der Waals surface area contributed by atoms with Crippen LogP contribution in [0.5, 0.6) is 0 Å². The standard InChI is InChI=1S/C20H18ClF3N4/c1-11-4-2-6-13-12(5-3-7-15(13)20(22,23)24)9-26-19-14-8-17(21)25-10-16(14)27-18(11)28-19/h3,5,7-8,10-11H,2,4,6,9H2,1H3,(H,26,27,28). The average molecular weight is 407 g/mol. The Morgan fingerprint density at radius 1 is 1.21 bits per heavy atom. The van der Waals surface area contributed by atoms with Gasteiger partial charge < -0.3 is 5.32 Å². The molecule has 4 nitrogen and oxygen atoms in total. The van der Waals surface area contributed by atoms with Gasteiger partial charge in [-0.2, -0.15) is 13.2 Å². The van der Waals surface area contributed by atoms with Gasteiger partial charge >= 0.3 is 6.18 Å². The maximum Gasteiger partial charge on any atom is 0.416 e. The zero-order valence-electron chi connectivity index (χ0n) is 15.1. The summed E-state index contributed by atoms with van der Waals surface area (Å²) in [6.45, 7) is 2.22. The molecule has 2 bridgehead atoms. The predicted octanol–water partition coefficient (Wildman–Crippen LogP) is 5.75. The van der Waals surface area contributed by atoms with Crippen molar-refractivity contribution in [2.75, 3.05) is 5.32 Å². The lowest BCUT2D eigenvalue weighted by molar-refractivity contribution is -0.138. The minimum absolute atomic E-state index is 0.0141. The molecule has 1 aliphatic rings. The van der Waals surface area contributed by atoms with Crippen LogP contribution in [0.4, 0.5) is 19.0 Å². The van der Waals surface area contributed by atoms with E-state index in [0.717, 1.165) is 6.07 Å². The van der Waals surface area contributed by atoms with Gasteiger partial charge in [-0.1, -0.05) is 30.7 Å². The molecular weight excluding hydrogens is 389 g/mol. The molecular formula is C20H18ClF3N4. The molecule has 0 aliphatic carbocycles. The van der Waals surface area contributed by atoms with Gasteiger partial charge in [0, 0.05) is 17.8 Å². The second kappa shape index (κ2) is 7.20. The molecule has 0 radical (unpaired) electrons. The van der Waals surface area contributed by atoms with Crippen LogP contribution in [0.25, 0.3) is 10.9 Å². The first-order valence-corrected chi connectivity index (χ1v) is 9.46. The quantitative estimate of drug-likeness (QED) is 0.483. The van der Waals surface area contributed by atoms with Gasteiger partial charge in [0.2, 0.25) is 0 Å². The van der Waals surface area contributed by atoms with Gasteiger partial charge in [0.15, 0.2) is 0 Å². The Bertz CT molecular complexity index is 1040. The lowest BCUT2D eigenvalue weighted by atomic mass is 9.93.